The molecule has 0 aliphatic carbocycles. The van der Waals surface area contributed by atoms with Gasteiger partial charge in [0.25, 0.3) is 0 Å². The predicted molar refractivity (Wildman–Crippen MR) is 72.4 cm³/mol. The molecule has 2 N–H and O–H groups in total. The molecule has 0 aliphatic rings. The number of halogens is 4. The molecule has 2 aromatic rings. The van der Waals surface area contributed by atoms with Gasteiger partial charge in [-0.1, -0.05) is 23.9 Å². The first-order valence-electron chi connectivity index (χ1n) is 6.04. The third-order valence-corrected chi connectivity index (χ3v) is 3.84. The molecular formula is C14H12F4N2S. The second kappa shape index (κ2) is 6.03. The smallest absolute Gasteiger partial charge is 0.324 e. The van der Waals surface area contributed by atoms with E-state index in [1.165, 1.54) is 18.2 Å². The van der Waals surface area contributed by atoms with Gasteiger partial charge in [0.05, 0.1) is 10.5 Å². The number of hydrogen-bond donors (Lipinski definition) is 1. The first-order valence-corrected chi connectivity index (χ1v) is 6.86. The summed E-state index contributed by atoms with van der Waals surface area (Å²) in [5.74, 6) is -0.475. The summed E-state index contributed by atoms with van der Waals surface area (Å²) < 4.78 is 51.3. The van der Waals surface area contributed by atoms with Gasteiger partial charge in [-0.15, -0.1) is 0 Å². The van der Waals surface area contributed by atoms with Crippen molar-refractivity contribution in [1.82, 2.24) is 4.98 Å². The molecule has 0 saturated heterocycles. The number of nitrogens with zero attached hydrogens (tertiary/aromatic N) is 1. The average molecular weight is 316 g/mol. The third-order valence-electron chi connectivity index (χ3n) is 2.76. The van der Waals surface area contributed by atoms with Crippen molar-refractivity contribution in [2.24, 2.45) is 5.73 Å². The number of hydrogen-bond acceptors (Lipinski definition) is 3. The highest BCUT2D eigenvalue weighted by atomic mass is 32.2. The summed E-state index contributed by atoms with van der Waals surface area (Å²) in [6, 6.07) is 6.24. The molecule has 0 amide bonds. The van der Waals surface area contributed by atoms with Crippen LogP contribution in [0.15, 0.2) is 46.5 Å². The molecule has 2 nitrogen and oxygen atoms in total. The maximum atomic E-state index is 13.9. The van der Waals surface area contributed by atoms with Crippen LogP contribution in [0.4, 0.5) is 17.6 Å². The summed E-state index contributed by atoms with van der Waals surface area (Å²) >= 11 is 0.955. The van der Waals surface area contributed by atoms with Crippen LogP contribution in [0, 0.1) is 5.82 Å². The molecule has 7 heteroatoms. The molecule has 1 unspecified atom stereocenters. The first kappa shape index (κ1) is 15.8. The van der Waals surface area contributed by atoms with Crippen molar-refractivity contribution in [1.29, 1.82) is 0 Å². The molecular weight excluding hydrogens is 304 g/mol. The lowest BCUT2D eigenvalue weighted by Gasteiger charge is -2.13. The highest BCUT2D eigenvalue weighted by molar-refractivity contribution is 7.99. The van der Waals surface area contributed by atoms with Crippen LogP contribution in [0.2, 0.25) is 0 Å². The number of aromatic nitrogens is 1. The molecule has 2 rings (SSSR count). The second-order valence-electron chi connectivity index (χ2n) is 4.43. The van der Waals surface area contributed by atoms with E-state index in [0.29, 0.717) is 5.56 Å². The van der Waals surface area contributed by atoms with Crippen molar-refractivity contribution in [2.45, 2.75) is 29.1 Å². The lowest BCUT2D eigenvalue weighted by Crippen LogP contribution is -2.07. The first-order chi connectivity index (χ1) is 9.79. The quantitative estimate of drug-likeness (QED) is 0.853. The highest BCUT2D eigenvalue weighted by Gasteiger charge is 2.30. The molecule has 112 valence electrons. The van der Waals surface area contributed by atoms with E-state index in [9.17, 15) is 17.6 Å². The summed E-state index contributed by atoms with van der Waals surface area (Å²) in [6.07, 6.45) is -3.71. The van der Waals surface area contributed by atoms with Crippen molar-refractivity contribution in [2.75, 3.05) is 0 Å². The van der Waals surface area contributed by atoms with Gasteiger partial charge in [-0.05, 0) is 30.7 Å². The van der Waals surface area contributed by atoms with Crippen LogP contribution in [0.3, 0.4) is 0 Å². The Labute approximate surface area is 123 Å². The zero-order valence-corrected chi connectivity index (χ0v) is 11.8. The van der Waals surface area contributed by atoms with Gasteiger partial charge in [-0.25, -0.2) is 9.37 Å². The highest BCUT2D eigenvalue weighted by Crippen LogP contribution is 2.35. The molecule has 1 aromatic carbocycles. The van der Waals surface area contributed by atoms with Crippen molar-refractivity contribution >= 4 is 11.8 Å². The van der Waals surface area contributed by atoms with Gasteiger partial charge >= 0.3 is 6.18 Å². The van der Waals surface area contributed by atoms with Crippen LogP contribution in [-0.4, -0.2) is 4.98 Å². The third kappa shape index (κ3) is 3.74. The summed E-state index contributed by atoms with van der Waals surface area (Å²) in [6.45, 7) is 1.71. The second-order valence-corrected chi connectivity index (χ2v) is 5.46. The summed E-state index contributed by atoms with van der Waals surface area (Å²) in [5.41, 5.74) is 5.51. The minimum Gasteiger partial charge on any atom is -0.324 e. The normalized spacial score (nSPS) is 13.2. The Morgan fingerprint density at radius 1 is 1.19 bits per heavy atom. The molecule has 1 atom stereocenters. The van der Waals surface area contributed by atoms with Crippen LogP contribution < -0.4 is 5.73 Å². The maximum Gasteiger partial charge on any atom is 0.417 e. The molecule has 0 radical (unpaired) electrons. The van der Waals surface area contributed by atoms with Crippen LogP contribution >= 0.6 is 11.8 Å². The minimum atomic E-state index is -4.44. The van der Waals surface area contributed by atoms with E-state index in [1.54, 1.807) is 13.0 Å². The van der Waals surface area contributed by atoms with Gasteiger partial charge in [0, 0.05) is 12.2 Å². The fourth-order valence-electron chi connectivity index (χ4n) is 1.70. The Hall–Kier alpha value is -1.60. The van der Waals surface area contributed by atoms with Crippen LogP contribution in [0.5, 0.6) is 0 Å². The van der Waals surface area contributed by atoms with Gasteiger partial charge in [0.15, 0.2) is 0 Å². The Morgan fingerprint density at radius 3 is 2.43 bits per heavy atom. The molecule has 21 heavy (non-hydrogen) atoms. The molecule has 0 fully saturated rings. The van der Waals surface area contributed by atoms with Crippen molar-refractivity contribution in [3.05, 3.63) is 53.5 Å². The Kier molecular flexibility index (Phi) is 4.53. The monoisotopic (exact) mass is 316 g/mol. The molecule has 1 heterocycles. The van der Waals surface area contributed by atoms with Crippen LogP contribution in [0.25, 0.3) is 0 Å². The van der Waals surface area contributed by atoms with E-state index >= 15 is 0 Å². The van der Waals surface area contributed by atoms with E-state index in [2.05, 4.69) is 4.98 Å². The zero-order valence-electron chi connectivity index (χ0n) is 11.0. The van der Waals surface area contributed by atoms with Gasteiger partial charge in [-0.2, -0.15) is 13.2 Å². The lowest BCUT2D eigenvalue weighted by atomic mass is 10.1. The van der Waals surface area contributed by atoms with Crippen LogP contribution in [-0.2, 0) is 6.18 Å². The maximum absolute atomic E-state index is 13.9. The Balaban J connectivity index is 2.31. The number of nitrogens with two attached hydrogens (primary N) is 1. The van der Waals surface area contributed by atoms with E-state index in [1.807, 2.05) is 0 Å². The van der Waals surface area contributed by atoms with Crippen LogP contribution in [0.1, 0.15) is 24.1 Å². The summed E-state index contributed by atoms with van der Waals surface area (Å²) in [7, 11) is 0. The van der Waals surface area contributed by atoms with E-state index in [4.69, 9.17) is 5.73 Å². The molecule has 0 bridgehead atoms. The zero-order chi connectivity index (χ0) is 15.6. The summed E-state index contributed by atoms with van der Waals surface area (Å²) in [4.78, 5) is 4.00. The molecule has 0 saturated carbocycles. The van der Waals surface area contributed by atoms with E-state index < -0.39 is 23.6 Å². The molecule has 0 spiro atoms. The fourth-order valence-corrected chi connectivity index (χ4v) is 2.69. The van der Waals surface area contributed by atoms with Crippen molar-refractivity contribution in [3.8, 4) is 0 Å². The van der Waals surface area contributed by atoms with Gasteiger partial charge in [-0.3, -0.25) is 0 Å². The predicted octanol–water partition coefficient (Wildman–Crippen LogP) is 4.41. The van der Waals surface area contributed by atoms with Gasteiger partial charge in [0.1, 0.15) is 10.8 Å². The fraction of sp³-hybridized carbons (Fsp3) is 0.214. The molecule has 1 aromatic heterocycles. The van der Waals surface area contributed by atoms with E-state index in [0.717, 1.165) is 24.0 Å². The number of benzene rings is 1. The largest absolute Gasteiger partial charge is 0.417 e. The van der Waals surface area contributed by atoms with Crippen molar-refractivity contribution in [3.63, 3.8) is 0 Å². The minimum absolute atomic E-state index is 0.273. The van der Waals surface area contributed by atoms with E-state index in [-0.39, 0.29) is 9.92 Å². The van der Waals surface area contributed by atoms with Gasteiger partial charge in [0.2, 0.25) is 0 Å². The SMILES string of the molecule is CC(N)c1cccc(F)c1Sc1ccc(C(F)(F)F)cn1. The number of alkyl halides is 3. The van der Waals surface area contributed by atoms with Crippen molar-refractivity contribution < 1.29 is 17.6 Å². The number of pyridine rings is 1. The van der Waals surface area contributed by atoms with Gasteiger partial charge < -0.3 is 5.73 Å². The molecule has 0 aliphatic heterocycles. The summed E-state index contributed by atoms with van der Waals surface area (Å²) in [5, 5.41) is 0.273. The Bertz CT molecular complexity index is 624. The standard InChI is InChI=1S/C14H12F4N2S/c1-8(19)10-3-2-4-11(15)13(10)21-12-6-5-9(7-20-12)14(16,17)18/h2-8H,19H2,1H3. The topological polar surface area (TPSA) is 38.9 Å². The average Bonchev–Trinajstić information content (AvgIpc) is 2.40. The Morgan fingerprint density at radius 2 is 1.90 bits per heavy atom. The number of rotatable bonds is 3. The lowest BCUT2D eigenvalue weighted by molar-refractivity contribution is -0.137.